The number of likely N-dealkylation sites (N-methyl/N-ethyl adjacent to an activating group) is 1. The van der Waals surface area contributed by atoms with Gasteiger partial charge in [-0.05, 0) is 37.8 Å². The first-order valence-electron chi connectivity index (χ1n) is 7.47. The van der Waals surface area contributed by atoms with Gasteiger partial charge in [-0.15, -0.1) is 0 Å². The Morgan fingerprint density at radius 3 is 2.79 bits per heavy atom. The molecule has 0 saturated carbocycles. The average molecular weight is 262 g/mol. The zero-order chi connectivity index (χ0) is 13.7. The number of benzene rings is 1. The summed E-state index contributed by atoms with van der Waals surface area (Å²) in [4.78, 5) is 2.40. The first kappa shape index (κ1) is 14.4. The Morgan fingerprint density at radius 2 is 2.16 bits per heavy atom. The van der Waals surface area contributed by atoms with Crippen molar-refractivity contribution in [1.29, 1.82) is 0 Å². The highest BCUT2D eigenvalue weighted by Gasteiger charge is 2.21. The zero-order valence-corrected chi connectivity index (χ0v) is 12.1. The number of ether oxygens (including phenoxy) is 1. The molecular formula is C16H26N2O. The van der Waals surface area contributed by atoms with Crippen molar-refractivity contribution in [2.24, 2.45) is 5.73 Å². The van der Waals surface area contributed by atoms with Crippen molar-refractivity contribution < 1.29 is 4.74 Å². The van der Waals surface area contributed by atoms with Crippen LogP contribution in [-0.2, 0) is 4.74 Å². The molecule has 3 heteroatoms. The number of nitrogens with two attached hydrogens (primary N) is 1. The molecule has 1 aliphatic rings. The van der Waals surface area contributed by atoms with Gasteiger partial charge in [0.1, 0.15) is 0 Å². The van der Waals surface area contributed by atoms with E-state index in [1.165, 1.54) is 24.1 Å². The highest BCUT2D eigenvalue weighted by atomic mass is 16.5. The number of anilines is 1. The van der Waals surface area contributed by atoms with E-state index >= 15 is 0 Å². The van der Waals surface area contributed by atoms with Gasteiger partial charge in [0.2, 0.25) is 0 Å². The van der Waals surface area contributed by atoms with E-state index in [0.29, 0.717) is 6.10 Å². The van der Waals surface area contributed by atoms with Crippen molar-refractivity contribution in [3.63, 3.8) is 0 Å². The number of nitrogens with zero attached hydrogens (tertiary/aromatic N) is 1. The molecule has 1 aliphatic heterocycles. The molecule has 1 saturated heterocycles. The average Bonchev–Trinajstić information content (AvgIpc) is 2.97. The SMILES string of the molecule is CC[C@@H](N)c1ccccc1N(CC)CC1CCCO1. The van der Waals surface area contributed by atoms with Gasteiger partial charge in [0.15, 0.2) is 0 Å². The molecule has 0 aromatic heterocycles. The molecule has 2 atom stereocenters. The van der Waals surface area contributed by atoms with Crippen molar-refractivity contribution in [2.45, 2.75) is 45.3 Å². The lowest BCUT2D eigenvalue weighted by Crippen LogP contribution is -2.33. The Morgan fingerprint density at radius 1 is 1.37 bits per heavy atom. The summed E-state index contributed by atoms with van der Waals surface area (Å²) in [6.45, 7) is 7.22. The fraction of sp³-hybridized carbons (Fsp3) is 0.625. The highest BCUT2D eigenvalue weighted by molar-refractivity contribution is 5.55. The van der Waals surface area contributed by atoms with E-state index in [0.717, 1.165) is 26.1 Å². The predicted octanol–water partition coefficient (Wildman–Crippen LogP) is 3.10. The molecule has 1 aromatic rings. The van der Waals surface area contributed by atoms with Crippen molar-refractivity contribution in [2.75, 3.05) is 24.6 Å². The normalized spacial score (nSPS) is 20.5. The fourth-order valence-electron chi connectivity index (χ4n) is 2.74. The largest absolute Gasteiger partial charge is 0.376 e. The smallest absolute Gasteiger partial charge is 0.0750 e. The minimum atomic E-state index is 0.120. The second-order valence-electron chi connectivity index (χ2n) is 5.25. The van der Waals surface area contributed by atoms with Gasteiger partial charge in [-0.3, -0.25) is 0 Å². The molecule has 0 bridgehead atoms. The van der Waals surface area contributed by atoms with E-state index in [2.05, 4.69) is 43.0 Å². The first-order valence-corrected chi connectivity index (χ1v) is 7.47. The van der Waals surface area contributed by atoms with Crippen LogP contribution in [0.2, 0.25) is 0 Å². The van der Waals surface area contributed by atoms with Crippen LogP contribution in [0.25, 0.3) is 0 Å². The van der Waals surface area contributed by atoms with E-state index in [4.69, 9.17) is 10.5 Å². The Bertz CT molecular complexity index is 388. The summed E-state index contributed by atoms with van der Waals surface area (Å²) in [5.41, 5.74) is 8.77. The van der Waals surface area contributed by atoms with Crippen LogP contribution < -0.4 is 10.6 Å². The van der Waals surface area contributed by atoms with Crippen LogP contribution >= 0.6 is 0 Å². The third-order valence-electron chi connectivity index (χ3n) is 3.95. The van der Waals surface area contributed by atoms with Gasteiger partial charge in [0, 0.05) is 31.4 Å². The highest BCUT2D eigenvalue weighted by Crippen LogP contribution is 2.28. The molecule has 106 valence electrons. The summed E-state index contributed by atoms with van der Waals surface area (Å²) < 4.78 is 5.76. The molecule has 0 aliphatic carbocycles. The van der Waals surface area contributed by atoms with Crippen LogP contribution in [-0.4, -0.2) is 25.8 Å². The monoisotopic (exact) mass is 262 g/mol. The lowest BCUT2D eigenvalue weighted by molar-refractivity contribution is 0.115. The van der Waals surface area contributed by atoms with E-state index in [1.807, 2.05) is 0 Å². The zero-order valence-electron chi connectivity index (χ0n) is 12.1. The summed E-state index contributed by atoms with van der Waals surface area (Å²) in [5, 5.41) is 0. The topological polar surface area (TPSA) is 38.5 Å². The lowest BCUT2D eigenvalue weighted by Gasteiger charge is -2.29. The predicted molar refractivity (Wildman–Crippen MR) is 80.5 cm³/mol. The molecule has 2 N–H and O–H groups in total. The maximum atomic E-state index is 6.24. The minimum Gasteiger partial charge on any atom is -0.376 e. The van der Waals surface area contributed by atoms with Crippen molar-refractivity contribution in [3.8, 4) is 0 Å². The lowest BCUT2D eigenvalue weighted by atomic mass is 10.0. The molecule has 1 fully saturated rings. The molecule has 19 heavy (non-hydrogen) atoms. The first-order chi connectivity index (χ1) is 9.26. The Hall–Kier alpha value is -1.06. The third kappa shape index (κ3) is 3.48. The summed E-state index contributed by atoms with van der Waals surface area (Å²) in [5.74, 6) is 0. The van der Waals surface area contributed by atoms with Gasteiger partial charge in [0.25, 0.3) is 0 Å². The third-order valence-corrected chi connectivity index (χ3v) is 3.95. The summed E-state index contributed by atoms with van der Waals surface area (Å²) in [6, 6.07) is 8.63. The quantitative estimate of drug-likeness (QED) is 0.856. The minimum absolute atomic E-state index is 0.120. The van der Waals surface area contributed by atoms with E-state index < -0.39 is 0 Å². The van der Waals surface area contributed by atoms with Crippen molar-refractivity contribution >= 4 is 5.69 Å². The Kier molecular flexibility index (Phi) is 5.23. The van der Waals surface area contributed by atoms with Crippen LogP contribution in [0.4, 0.5) is 5.69 Å². The molecule has 1 aromatic carbocycles. The van der Waals surface area contributed by atoms with Gasteiger partial charge >= 0.3 is 0 Å². The molecule has 2 rings (SSSR count). The van der Waals surface area contributed by atoms with Gasteiger partial charge in [-0.25, -0.2) is 0 Å². The second-order valence-corrected chi connectivity index (χ2v) is 5.25. The van der Waals surface area contributed by atoms with Crippen LogP contribution in [0.1, 0.15) is 44.7 Å². The van der Waals surface area contributed by atoms with Crippen molar-refractivity contribution in [1.82, 2.24) is 0 Å². The van der Waals surface area contributed by atoms with Crippen molar-refractivity contribution in [3.05, 3.63) is 29.8 Å². The van der Waals surface area contributed by atoms with Gasteiger partial charge < -0.3 is 15.4 Å². The molecule has 0 amide bonds. The summed E-state index contributed by atoms with van der Waals surface area (Å²) in [6.07, 6.45) is 3.72. The van der Waals surface area contributed by atoms with E-state index in [-0.39, 0.29) is 6.04 Å². The van der Waals surface area contributed by atoms with Crippen LogP contribution in [0, 0.1) is 0 Å². The molecule has 0 radical (unpaired) electrons. The molecule has 0 spiro atoms. The van der Waals surface area contributed by atoms with Crippen LogP contribution in [0.3, 0.4) is 0 Å². The molecule has 3 nitrogen and oxygen atoms in total. The van der Waals surface area contributed by atoms with Gasteiger partial charge in [-0.1, -0.05) is 25.1 Å². The summed E-state index contributed by atoms with van der Waals surface area (Å²) >= 11 is 0. The molecular weight excluding hydrogens is 236 g/mol. The van der Waals surface area contributed by atoms with Gasteiger partial charge in [-0.2, -0.15) is 0 Å². The van der Waals surface area contributed by atoms with Crippen LogP contribution in [0.15, 0.2) is 24.3 Å². The Balaban J connectivity index is 2.16. The molecule has 1 unspecified atom stereocenters. The fourth-order valence-corrected chi connectivity index (χ4v) is 2.74. The van der Waals surface area contributed by atoms with E-state index in [1.54, 1.807) is 0 Å². The van der Waals surface area contributed by atoms with E-state index in [9.17, 15) is 0 Å². The van der Waals surface area contributed by atoms with Crippen LogP contribution in [0.5, 0.6) is 0 Å². The number of hydrogen-bond donors (Lipinski definition) is 1. The number of para-hydroxylation sites is 1. The number of rotatable bonds is 6. The maximum absolute atomic E-state index is 6.24. The maximum Gasteiger partial charge on any atom is 0.0750 e. The number of hydrogen-bond acceptors (Lipinski definition) is 3. The standard InChI is InChI=1S/C16H26N2O/c1-3-15(17)14-9-5-6-10-16(14)18(4-2)12-13-8-7-11-19-13/h5-6,9-10,13,15H,3-4,7-8,11-12,17H2,1-2H3/t13?,15-/m1/s1. The second kappa shape index (κ2) is 6.92. The van der Waals surface area contributed by atoms with Gasteiger partial charge in [0.05, 0.1) is 6.10 Å². The molecule has 1 heterocycles. The summed E-state index contributed by atoms with van der Waals surface area (Å²) in [7, 11) is 0. The Labute approximate surface area is 116 Å².